The number of carboxylic acids is 2. The monoisotopic (exact) mass is 216 g/mol. The molecule has 0 unspecified atom stereocenters. The van der Waals surface area contributed by atoms with Crippen LogP contribution in [0.3, 0.4) is 0 Å². The van der Waals surface area contributed by atoms with Gasteiger partial charge in [-0.3, -0.25) is 4.79 Å². The molecule has 0 radical (unpaired) electrons. The molecule has 1 heterocycles. The zero-order valence-corrected chi connectivity index (χ0v) is 7.60. The van der Waals surface area contributed by atoms with E-state index in [1.54, 1.807) is 0 Å². The maximum atomic E-state index is 11.0. The number of rotatable bonds is 2. The number of aliphatic carboxylic acids is 2. The van der Waals surface area contributed by atoms with Crippen molar-refractivity contribution in [2.75, 3.05) is 6.61 Å². The number of aliphatic hydroxyl groups is 1. The van der Waals surface area contributed by atoms with Gasteiger partial charge in [0.05, 0.1) is 18.5 Å². The molecule has 7 nitrogen and oxygen atoms in total. The van der Waals surface area contributed by atoms with Gasteiger partial charge < -0.3 is 29.6 Å². The molecule has 1 rings (SSSR count). The first-order chi connectivity index (χ1) is 6.88. The van der Waals surface area contributed by atoms with Crippen molar-refractivity contribution in [3.05, 3.63) is 0 Å². The van der Waals surface area contributed by atoms with E-state index in [1.165, 1.54) is 0 Å². The van der Waals surface area contributed by atoms with Crippen molar-refractivity contribution >= 4 is 17.7 Å². The summed E-state index contributed by atoms with van der Waals surface area (Å²) in [4.78, 5) is 32.2. The van der Waals surface area contributed by atoms with Crippen LogP contribution in [0.25, 0.3) is 0 Å². The molecule has 0 saturated carbocycles. The number of hydrogen-bond acceptors (Lipinski definition) is 7. The highest BCUT2D eigenvalue weighted by molar-refractivity contribution is 5.92. The van der Waals surface area contributed by atoms with Gasteiger partial charge in [0.15, 0.2) is 0 Å². The number of carbonyl (C=O) groups excluding carboxylic acids is 3. The smallest absolute Gasteiger partial charge is 0.142 e. The second-order valence-electron chi connectivity index (χ2n) is 3.25. The number of ketones is 1. The fourth-order valence-corrected chi connectivity index (χ4v) is 1.35. The molecule has 0 spiro atoms. The second kappa shape index (κ2) is 3.95. The molecule has 0 aromatic carbocycles. The predicted octanol–water partition coefficient (Wildman–Crippen LogP) is -4.03. The predicted molar refractivity (Wildman–Crippen MR) is 38.9 cm³/mol. The lowest BCUT2D eigenvalue weighted by atomic mass is 9.91. The molecule has 84 valence electrons. The van der Waals surface area contributed by atoms with E-state index in [0.29, 0.717) is 0 Å². The lowest BCUT2D eigenvalue weighted by Crippen LogP contribution is -2.62. The van der Waals surface area contributed by atoms with Gasteiger partial charge in [-0.25, -0.2) is 0 Å². The van der Waals surface area contributed by atoms with E-state index in [-0.39, 0.29) is 13.0 Å². The Kier molecular flexibility index (Phi) is 3.06. The number of carbonyl (C=O) groups is 3. The summed E-state index contributed by atoms with van der Waals surface area (Å²) >= 11 is 0. The average molecular weight is 216 g/mol. The first-order valence-corrected chi connectivity index (χ1v) is 4.16. The first kappa shape index (κ1) is 11.6. The van der Waals surface area contributed by atoms with Crippen LogP contribution in [0.15, 0.2) is 0 Å². The van der Waals surface area contributed by atoms with Crippen LogP contribution in [0, 0.1) is 0 Å². The molecule has 1 N–H and O–H groups in total. The fraction of sp³-hybridized carbons (Fsp3) is 0.625. The molecule has 7 heteroatoms. The van der Waals surface area contributed by atoms with Crippen molar-refractivity contribution in [2.45, 2.75) is 24.5 Å². The van der Waals surface area contributed by atoms with Crippen LogP contribution >= 0.6 is 0 Å². The standard InChI is InChI=1S/C8H10O7/c9-4-1-2-15-5(6(10)11)8(14,3-4)7(12)13/h5,14H,1-3H2,(H,10,11)(H,12,13)/p-2/t5-,8+/m0/s1. The third-order valence-electron chi connectivity index (χ3n) is 2.13. The largest absolute Gasteiger partial charge is 0.547 e. The molecule has 1 aliphatic rings. The summed E-state index contributed by atoms with van der Waals surface area (Å²) in [6.45, 7) is -0.271. The third-order valence-corrected chi connectivity index (χ3v) is 2.13. The van der Waals surface area contributed by atoms with Gasteiger partial charge in [-0.15, -0.1) is 0 Å². The Balaban J connectivity index is 3.06. The summed E-state index contributed by atoms with van der Waals surface area (Å²) in [5.41, 5.74) is -2.85. The van der Waals surface area contributed by atoms with Crippen LogP contribution in [0.1, 0.15) is 12.8 Å². The van der Waals surface area contributed by atoms with Gasteiger partial charge in [0.2, 0.25) is 0 Å². The summed E-state index contributed by atoms with van der Waals surface area (Å²) in [5, 5.41) is 30.6. The molecule has 1 aliphatic heterocycles. The van der Waals surface area contributed by atoms with Gasteiger partial charge in [0.1, 0.15) is 17.5 Å². The maximum absolute atomic E-state index is 11.0. The minimum absolute atomic E-state index is 0.153. The van der Waals surface area contributed by atoms with Crippen molar-refractivity contribution < 1.29 is 34.4 Å². The molecule has 0 aromatic heterocycles. The highest BCUT2D eigenvalue weighted by Gasteiger charge is 2.43. The number of carboxylic acid groups (broad SMARTS) is 2. The third kappa shape index (κ3) is 2.13. The Morgan fingerprint density at radius 3 is 2.53 bits per heavy atom. The van der Waals surface area contributed by atoms with Gasteiger partial charge >= 0.3 is 0 Å². The summed E-state index contributed by atoms with van der Waals surface area (Å²) in [5.74, 6) is -4.56. The Morgan fingerprint density at radius 1 is 1.47 bits per heavy atom. The SMILES string of the molecule is O=C1CCO[C@@H](C(=O)[O-])[C@@](O)(C(=O)[O-])C1. The molecule has 15 heavy (non-hydrogen) atoms. The molecule has 0 aromatic rings. The van der Waals surface area contributed by atoms with Crippen LogP contribution in [0.2, 0.25) is 0 Å². The Morgan fingerprint density at radius 2 is 2.07 bits per heavy atom. The van der Waals surface area contributed by atoms with Crippen molar-refractivity contribution in [3.63, 3.8) is 0 Å². The Labute approximate surface area is 84.3 Å². The first-order valence-electron chi connectivity index (χ1n) is 4.16. The van der Waals surface area contributed by atoms with Gasteiger partial charge in [0, 0.05) is 12.8 Å². The van der Waals surface area contributed by atoms with Gasteiger partial charge in [-0.2, -0.15) is 0 Å². The maximum Gasteiger partial charge on any atom is 0.142 e. The molecule has 1 saturated heterocycles. The number of hydrogen-bond donors (Lipinski definition) is 1. The van der Waals surface area contributed by atoms with E-state index in [2.05, 4.69) is 4.74 Å². The van der Waals surface area contributed by atoms with E-state index in [1.807, 2.05) is 0 Å². The molecular weight excluding hydrogens is 208 g/mol. The van der Waals surface area contributed by atoms with Crippen LogP contribution in [-0.2, 0) is 19.1 Å². The molecule has 2 atom stereocenters. The lowest BCUT2D eigenvalue weighted by Gasteiger charge is -2.34. The lowest BCUT2D eigenvalue weighted by molar-refractivity contribution is -0.346. The quantitative estimate of drug-likeness (QED) is 0.497. The fourth-order valence-electron chi connectivity index (χ4n) is 1.35. The molecular formula is C8H8O7-2. The minimum Gasteiger partial charge on any atom is -0.547 e. The van der Waals surface area contributed by atoms with Gasteiger partial charge in [-0.1, -0.05) is 0 Å². The van der Waals surface area contributed by atoms with Gasteiger partial charge in [0.25, 0.3) is 0 Å². The minimum atomic E-state index is -2.85. The second-order valence-corrected chi connectivity index (χ2v) is 3.25. The number of Topliss-reactive ketones (excluding diaryl/α,β-unsaturated/α-hetero) is 1. The van der Waals surface area contributed by atoms with E-state index in [9.17, 15) is 29.7 Å². The van der Waals surface area contributed by atoms with Crippen molar-refractivity contribution in [1.29, 1.82) is 0 Å². The summed E-state index contributed by atoms with van der Waals surface area (Å²) in [6.07, 6.45) is -3.10. The summed E-state index contributed by atoms with van der Waals surface area (Å²) < 4.78 is 4.56. The highest BCUT2D eigenvalue weighted by atomic mass is 16.5. The molecule has 1 fully saturated rings. The topological polar surface area (TPSA) is 127 Å². The zero-order valence-electron chi connectivity index (χ0n) is 7.60. The Bertz CT molecular complexity index is 310. The van der Waals surface area contributed by atoms with E-state index >= 15 is 0 Å². The average Bonchev–Trinajstić information content (AvgIpc) is 2.24. The van der Waals surface area contributed by atoms with Crippen LogP contribution in [0.5, 0.6) is 0 Å². The van der Waals surface area contributed by atoms with Crippen LogP contribution in [-0.4, -0.2) is 41.1 Å². The zero-order chi connectivity index (χ0) is 11.6. The number of ether oxygens (including phenoxy) is 1. The van der Waals surface area contributed by atoms with Gasteiger partial charge in [-0.05, 0) is 0 Å². The van der Waals surface area contributed by atoms with E-state index < -0.39 is 35.8 Å². The molecule has 0 amide bonds. The molecule has 0 bridgehead atoms. The highest BCUT2D eigenvalue weighted by Crippen LogP contribution is 2.22. The van der Waals surface area contributed by atoms with Crippen molar-refractivity contribution in [1.82, 2.24) is 0 Å². The van der Waals surface area contributed by atoms with Crippen molar-refractivity contribution in [2.24, 2.45) is 0 Å². The van der Waals surface area contributed by atoms with Crippen LogP contribution < -0.4 is 10.2 Å². The van der Waals surface area contributed by atoms with E-state index in [0.717, 1.165) is 0 Å². The van der Waals surface area contributed by atoms with Crippen molar-refractivity contribution in [3.8, 4) is 0 Å². The molecule has 0 aliphatic carbocycles. The normalized spacial score (nSPS) is 32.1. The van der Waals surface area contributed by atoms with E-state index in [4.69, 9.17) is 0 Å². The summed E-state index contributed by atoms with van der Waals surface area (Å²) in [6, 6.07) is 0. The Hall–Kier alpha value is -1.47. The van der Waals surface area contributed by atoms with Crippen LogP contribution in [0.4, 0.5) is 0 Å². The summed E-state index contributed by atoms with van der Waals surface area (Å²) in [7, 11) is 0.